The van der Waals surface area contributed by atoms with E-state index in [2.05, 4.69) is 0 Å². The van der Waals surface area contributed by atoms with E-state index in [0.717, 1.165) is 12.2 Å². The third kappa shape index (κ3) is 1.58. The Kier molecular flexibility index (Phi) is 2.34. The Labute approximate surface area is 111 Å². The van der Waals surface area contributed by atoms with Gasteiger partial charge in [0, 0.05) is 13.6 Å². The van der Waals surface area contributed by atoms with E-state index in [4.69, 9.17) is 9.57 Å². The maximum Gasteiger partial charge on any atom is 0.266 e. The maximum atomic E-state index is 12.2. The lowest BCUT2D eigenvalue weighted by molar-refractivity contribution is -0.170. The molecule has 3 heterocycles. The van der Waals surface area contributed by atoms with Crippen molar-refractivity contribution >= 4 is 5.91 Å². The lowest BCUT2D eigenvalue weighted by atomic mass is 9.84. The first kappa shape index (κ1) is 11.3. The van der Waals surface area contributed by atoms with E-state index in [9.17, 15) is 4.79 Å². The Balaban J connectivity index is 1.56. The summed E-state index contributed by atoms with van der Waals surface area (Å²) in [5.41, 5.74) is 0. The van der Waals surface area contributed by atoms with Crippen LogP contribution < -0.4 is 4.74 Å². The highest BCUT2D eigenvalue weighted by Gasteiger charge is 2.60. The first-order valence-electron chi connectivity index (χ1n) is 6.66. The van der Waals surface area contributed by atoms with Gasteiger partial charge in [-0.25, -0.2) is 0 Å². The van der Waals surface area contributed by atoms with Gasteiger partial charge in [0.1, 0.15) is 5.75 Å². The smallest absolute Gasteiger partial charge is 0.266 e. The van der Waals surface area contributed by atoms with Crippen LogP contribution in [0.15, 0.2) is 30.3 Å². The van der Waals surface area contributed by atoms with Gasteiger partial charge in [0.2, 0.25) is 0 Å². The normalized spacial score (nSPS) is 36.9. The lowest BCUT2D eigenvalue weighted by Crippen LogP contribution is -2.74. The Morgan fingerprint density at radius 1 is 1.32 bits per heavy atom. The summed E-state index contributed by atoms with van der Waals surface area (Å²) in [4.78, 5) is 19.7. The molecule has 100 valence electrons. The third-order valence-corrected chi connectivity index (χ3v) is 4.28. The molecule has 5 heteroatoms. The topological polar surface area (TPSA) is 42.0 Å². The van der Waals surface area contributed by atoms with Crippen LogP contribution in [0.3, 0.4) is 0 Å². The molecule has 3 fully saturated rings. The van der Waals surface area contributed by atoms with Gasteiger partial charge in [-0.15, -0.1) is 0 Å². The predicted octanol–water partition coefficient (Wildman–Crippen LogP) is 0.663. The number of ether oxygens (including phenoxy) is 1. The Bertz CT molecular complexity index is 507. The summed E-state index contributed by atoms with van der Waals surface area (Å²) >= 11 is 0. The molecule has 2 bridgehead atoms. The first-order valence-corrected chi connectivity index (χ1v) is 6.66. The van der Waals surface area contributed by atoms with Crippen molar-refractivity contribution in [3.63, 3.8) is 0 Å². The lowest BCUT2D eigenvalue weighted by Gasteiger charge is -2.51. The molecule has 0 spiro atoms. The molecule has 1 amide bonds. The van der Waals surface area contributed by atoms with Crippen LogP contribution >= 0.6 is 0 Å². The fourth-order valence-corrected chi connectivity index (χ4v) is 3.38. The highest BCUT2D eigenvalue weighted by molar-refractivity contribution is 5.89. The van der Waals surface area contributed by atoms with Crippen LogP contribution in [0.5, 0.6) is 5.75 Å². The van der Waals surface area contributed by atoms with Gasteiger partial charge in [-0.1, -0.05) is 18.2 Å². The summed E-state index contributed by atoms with van der Waals surface area (Å²) in [5, 5.41) is 1.89. The number of benzene rings is 1. The minimum absolute atomic E-state index is 0.0856. The second-order valence-corrected chi connectivity index (χ2v) is 5.41. The van der Waals surface area contributed by atoms with E-state index in [0.29, 0.717) is 6.54 Å². The molecule has 5 nitrogen and oxygen atoms in total. The van der Waals surface area contributed by atoms with Crippen LogP contribution in [0, 0.1) is 0 Å². The Hall–Kier alpha value is -1.59. The third-order valence-electron chi connectivity index (χ3n) is 4.28. The minimum atomic E-state index is -0.363. The van der Waals surface area contributed by atoms with E-state index in [1.807, 2.05) is 47.3 Å². The van der Waals surface area contributed by atoms with E-state index >= 15 is 0 Å². The largest absolute Gasteiger partial charge is 0.478 e. The van der Waals surface area contributed by atoms with Gasteiger partial charge in [-0.05, 0) is 18.6 Å². The molecule has 3 aliphatic heterocycles. The average Bonchev–Trinajstić information content (AvgIpc) is 2.74. The number of hydroxylamine groups is 2. The number of para-hydroxylation sites is 1. The highest BCUT2D eigenvalue weighted by Crippen LogP contribution is 2.39. The van der Waals surface area contributed by atoms with Crippen LogP contribution in [-0.2, 0) is 9.63 Å². The zero-order valence-corrected chi connectivity index (χ0v) is 10.7. The number of fused-ring (bicyclic) bond motifs is 4. The van der Waals surface area contributed by atoms with Crippen molar-refractivity contribution in [3.8, 4) is 5.75 Å². The molecule has 4 rings (SSSR count). The second-order valence-electron chi connectivity index (χ2n) is 5.41. The van der Waals surface area contributed by atoms with Crippen LogP contribution in [-0.4, -0.2) is 53.8 Å². The molecule has 0 aliphatic carbocycles. The van der Waals surface area contributed by atoms with Gasteiger partial charge >= 0.3 is 0 Å². The summed E-state index contributed by atoms with van der Waals surface area (Å²) in [6.45, 7) is 0.693. The van der Waals surface area contributed by atoms with Gasteiger partial charge in [0.25, 0.3) is 5.91 Å². The summed E-state index contributed by atoms with van der Waals surface area (Å²) in [7, 11) is 1.94. The molecule has 4 atom stereocenters. The minimum Gasteiger partial charge on any atom is -0.478 e. The molecule has 1 aromatic rings. The summed E-state index contributed by atoms with van der Waals surface area (Å²) in [6.07, 6.45) is 0.782. The van der Waals surface area contributed by atoms with Gasteiger partial charge in [-0.3, -0.25) is 9.63 Å². The maximum absolute atomic E-state index is 12.2. The monoisotopic (exact) mass is 260 g/mol. The molecule has 19 heavy (non-hydrogen) atoms. The van der Waals surface area contributed by atoms with Crippen LogP contribution in [0.25, 0.3) is 0 Å². The van der Waals surface area contributed by atoms with Gasteiger partial charge in [0.05, 0.1) is 18.2 Å². The number of hydrogen-bond donors (Lipinski definition) is 0. The molecule has 0 N–H and O–H groups in total. The standard InChI is InChI=1S/C14H16N2O3/c1-15-11-7-10(19-15)8-16-12(11)13(14(16)17)18-9-5-3-2-4-6-9/h2-6,10-13H,7-8H2,1H3/t10-,11+,12-,13-/m1/s1. The molecule has 3 aliphatic rings. The molecule has 0 aromatic heterocycles. The molecule has 0 radical (unpaired) electrons. The SMILES string of the molecule is CN1O[C@@H]2C[C@H]1[C@@H]1[C@@H](Oc3ccccc3)C(=O)N1C2. The number of carbonyl (C=O) groups excluding carboxylic acids is 1. The van der Waals surface area contributed by atoms with Crippen molar-refractivity contribution in [1.82, 2.24) is 9.96 Å². The van der Waals surface area contributed by atoms with Crippen molar-refractivity contribution < 1.29 is 14.4 Å². The Morgan fingerprint density at radius 3 is 2.89 bits per heavy atom. The second kappa shape index (κ2) is 3.95. The molecular formula is C14H16N2O3. The van der Waals surface area contributed by atoms with E-state index in [1.165, 1.54) is 0 Å². The molecule has 1 aromatic carbocycles. The molecule has 3 saturated heterocycles. The van der Waals surface area contributed by atoms with Crippen LogP contribution in [0.1, 0.15) is 6.42 Å². The zero-order valence-electron chi connectivity index (χ0n) is 10.7. The number of carbonyl (C=O) groups is 1. The number of rotatable bonds is 2. The van der Waals surface area contributed by atoms with Gasteiger partial charge in [0.15, 0.2) is 6.10 Å². The van der Waals surface area contributed by atoms with Crippen LogP contribution in [0.4, 0.5) is 0 Å². The number of β-lactam (4-membered cyclic amide) rings is 1. The quantitative estimate of drug-likeness (QED) is 0.733. The van der Waals surface area contributed by atoms with Crippen molar-refractivity contribution in [3.05, 3.63) is 30.3 Å². The fraction of sp³-hybridized carbons (Fsp3) is 0.500. The molecular weight excluding hydrogens is 244 g/mol. The highest BCUT2D eigenvalue weighted by atomic mass is 16.7. The van der Waals surface area contributed by atoms with E-state index in [1.54, 1.807) is 0 Å². The zero-order chi connectivity index (χ0) is 13.0. The van der Waals surface area contributed by atoms with E-state index in [-0.39, 0.29) is 30.2 Å². The molecule has 0 unspecified atom stereocenters. The summed E-state index contributed by atoms with van der Waals surface area (Å²) in [6, 6.07) is 9.91. The van der Waals surface area contributed by atoms with Gasteiger partial charge in [-0.2, -0.15) is 5.06 Å². The van der Waals surface area contributed by atoms with Gasteiger partial charge < -0.3 is 9.64 Å². The van der Waals surface area contributed by atoms with Crippen LogP contribution in [0.2, 0.25) is 0 Å². The first-order chi connectivity index (χ1) is 9.24. The van der Waals surface area contributed by atoms with Crippen molar-refractivity contribution in [1.29, 1.82) is 0 Å². The fourth-order valence-electron chi connectivity index (χ4n) is 3.38. The number of amides is 1. The van der Waals surface area contributed by atoms with E-state index < -0.39 is 0 Å². The predicted molar refractivity (Wildman–Crippen MR) is 67.4 cm³/mol. The average molecular weight is 260 g/mol. The molecule has 0 saturated carbocycles. The summed E-state index contributed by atoms with van der Waals surface area (Å²) < 4.78 is 5.86. The Morgan fingerprint density at radius 2 is 2.11 bits per heavy atom. The summed E-state index contributed by atoms with van der Waals surface area (Å²) in [5.74, 6) is 0.839. The van der Waals surface area contributed by atoms with Crippen molar-refractivity contribution in [2.75, 3.05) is 13.6 Å². The number of hydrogen-bond acceptors (Lipinski definition) is 4. The number of piperidine rings is 1. The van der Waals surface area contributed by atoms with Crippen molar-refractivity contribution in [2.24, 2.45) is 0 Å². The van der Waals surface area contributed by atoms with Crippen molar-refractivity contribution in [2.45, 2.75) is 30.7 Å². The number of likely N-dealkylation sites (N-methyl/N-ethyl adjacent to an activating group) is 1. The number of nitrogens with zero attached hydrogens (tertiary/aromatic N) is 2.